The zero-order valence-electron chi connectivity index (χ0n) is 13.3. The fourth-order valence-electron chi connectivity index (χ4n) is 2.22. The van der Waals surface area contributed by atoms with Crippen molar-refractivity contribution in [2.45, 2.75) is 33.2 Å². The van der Waals surface area contributed by atoms with Gasteiger partial charge in [0.25, 0.3) is 5.91 Å². The number of benzene rings is 1. The van der Waals surface area contributed by atoms with Crippen LogP contribution in [0.5, 0.6) is 0 Å². The van der Waals surface area contributed by atoms with Gasteiger partial charge in [-0.1, -0.05) is 12.1 Å². The molecule has 5 heteroatoms. The largest absolute Gasteiger partial charge is 0.478 e. The molecule has 0 fully saturated rings. The molecule has 1 amide bonds. The van der Waals surface area contributed by atoms with Gasteiger partial charge in [0.2, 0.25) is 0 Å². The van der Waals surface area contributed by atoms with Crippen molar-refractivity contribution >= 4 is 23.6 Å². The van der Waals surface area contributed by atoms with Crippen molar-refractivity contribution < 1.29 is 14.7 Å². The number of carboxylic acid groups (broad SMARTS) is 1. The van der Waals surface area contributed by atoms with Gasteiger partial charge < -0.3 is 10.0 Å². The first kappa shape index (κ1) is 17.6. The molecule has 0 aromatic heterocycles. The van der Waals surface area contributed by atoms with E-state index in [0.717, 1.165) is 12.2 Å². The van der Waals surface area contributed by atoms with Crippen molar-refractivity contribution in [3.8, 4) is 0 Å². The van der Waals surface area contributed by atoms with Crippen molar-refractivity contribution in [3.63, 3.8) is 0 Å². The van der Waals surface area contributed by atoms with Crippen LogP contribution in [0.2, 0.25) is 0 Å². The van der Waals surface area contributed by atoms with Gasteiger partial charge in [0.15, 0.2) is 0 Å². The molecule has 1 unspecified atom stereocenters. The van der Waals surface area contributed by atoms with E-state index in [-0.39, 0.29) is 17.5 Å². The first-order valence-electron chi connectivity index (χ1n) is 6.90. The predicted molar refractivity (Wildman–Crippen MR) is 87.4 cm³/mol. The summed E-state index contributed by atoms with van der Waals surface area (Å²) in [4.78, 5) is 25.8. The molecule has 0 saturated carbocycles. The number of aryl methyl sites for hydroxylation is 2. The summed E-state index contributed by atoms with van der Waals surface area (Å²) in [6.07, 6.45) is 2.92. The maximum atomic E-state index is 12.7. The van der Waals surface area contributed by atoms with Crippen LogP contribution in [0, 0.1) is 13.8 Å². The van der Waals surface area contributed by atoms with E-state index in [4.69, 9.17) is 0 Å². The van der Waals surface area contributed by atoms with E-state index in [0.29, 0.717) is 16.7 Å². The summed E-state index contributed by atoms with van der Waals surface area (Å²) >= 11 is 1.74. The number of rotatable bonds is 6. The lowest BCUT2D eigenvalue weighted by Gasteiger charge is -2.26. The number of amides is 1. The summed E-state index contributed by atoms with van der Waals surface area (Å²) in [5.41, 5.74) is 1.73. The first-order valence-corrected chi connectivity index (χ1v) is 8.30. The lowest BCUT2D eigenvalue weighted by atomic mass is 9.96. The Kier molecular flexibility index (Phi) is 6.27. The normalized spacial score (nSPS) is 12.0. The molecule has 0 aliphatic carbocycles. The number of thioether (sulfide) groups is 1. The van der Waals surface area contributed by atoms with Gasteiger partial charge in [-0.2, -0.15) is 11.8 Å². The van der Waals surface area contributed by atoms with E-state index in [1.807, 2.05) is 13.2 Å². The van der Waals surface area contributed by atoms with Crippen LogP contribution >= 0.6 is 11.8 Å². The van der Waals surface area contributed by atoms with Gasteiger partial charge in [0.05, 0.1) is 11.1 Å². The molecule has 116 valence electrons. The van der Waals surface area contributed by atoms with Crippen LogP contribution in [-0.2, 0) is 0 Å². The van der Waals surface area contributed by atoms with Crippen molar-refractivity contribution in [2.24, 2.45) is 0 Å². The highest BCUT2D eigenvalue weighted by Crippen LogP contribution is 2.22. The smallest absolute Gasteiger partial charge is 0.336 e. The third kappa shape index (κ3) is 4.00. The minimum atomic E-state index is -1.05. The Labute approximate surface area is 130 Å². The van der Waals surface area contributed by atoms with Gasteiger partial charge in [-0.15, -0.1) is 0 Å². The van der Waals surface area contributed by atoms with Gasteiger partial charge in [0, 0.05) is 13.1 Å². The SMILES string of the molecule is CSCCC(C)N(C)C(=O)c1c(C)ccc(C)c1C(=O)O. The molecule has 1 atom stereocenters. The molecule has 0 aliphatic rings. The number of carbonyl (C=O) groups excluding carboxylic acids is 1. The molecule has 1 aromatic carbocycles. The van der Waals surface area contributed by atoms with E-state index in [2.05, 4.69) is 0 Å². The molecule has 0 heterocycles. The minimum absolute atomic E-state index is 0.0755. The highest BCUT2D eigenvalue weighted by atomic mass is 32.2. The first-order chi connectivity index (χ1) is 9.81. The van der Waals surface area contributed by atoms with Crippen LogP contribution in [0.3, 0.4) is 0 Å². The summed E-state index contributed by atoms with van der Waals surface area (Å²) in [5, 5.41) is 9.41. The third-order valence-electron chi connectivity index (χ3n) is 3.77. The molecule has 0 saturated heterocycles. The zero-order chi connectivity index (χ0) is 16.2. The number of carbonyl (C=O) groups is 2. The molecule has 1 aromatic rings. The maximum absolute atomic E-state index is 12.7. The third-order valence-corrected chi connectivity index (χ3v) is 4.41. The molecule has 1 rings (SSSR count). The number of hydrogen-bond donors (Lipinski definition) is 1. The van der Waals surface area contributed by atoms with Crippen LogP contribution in [0.4, 0.5) is 0 Å². The van der Waals surface area contributed by atoms with E-state index in [1.165, 1.54) is 0 Å². The topological polar surface area (TPSA) is 57.6 Å². The van der Waals surface area contributed by atoms with E-state index in [9.17, 15) is 14.7 Å². The van der Waals surface area contributed by atoms with E-state index >= 15 is 0 Å². The Hall–Kier alpha value is -1.49. The maximum Gasteiger partial charge on any atom is 0.336 e. The standard InChI is InChI=1S/C16H23NO3S/c1-10-6-7-11(2)14(16(19)20)13(10)15(18)17(4)12(3)8-9-21-5/h6-7,12H,8-9H2,1-5H3,(H,19,20). The van der Waals surface area contributed by atoms with Gasteiger partial charge in [-0.3, -0.25) is 4.79 Å². The fraction of sp³-hybridized carbons (Fsp3) is 0.500. The Morgan fingerprint density at radius 1 is 1.24 bits per heavy atom. The summed E-state index contributed by atoms with van der Waals surface area (Å²) in [6, 6.07) is 3.62. The van der Waals surface area contributed by atoms with Crippen molar-refractivity contribution in [1.29, 1.82) is 0 Å². The number of hydrogen-bond acceptors (Lipinski definition) is 3. The Bertz CT molecular complexity index is 543. The second-order valence-corrected chi connectivity index (χ2v) is 6.29. The molecule has 4 nitrogen and oxygen atoms in total. The van der Waals surface area contributed by atoms with Crippen molar-refractivity contribution in [1.82, 2.24) is 4.90 Å². The summed E-state index contributed by atoms with van der Waals surface area (Å²) in [6.45, 7) is 5.48. The van der Waals surface area contributed by atoms with Crippen molar-refractivity contribution in [3.05, 3.63) is 34.4 Å². The lowest BCUT2D eigenvalue weighted by Crippen LogP contribution is -2.36. The average molecular weight is 309 g/mol. The van der Waals surface area contributed by atoms with Crippen LogP contribution in [0.1, 0.15) is 45.2 Å². The monoisotopic (exact) mass is 309 g/mol. The van der Waals surface area contributed by atoms with E-state index < -0.39 is 5.97 Å². The van der Waals surface area contributed by atoms with E-state index in [1.54, 1.807) is 49.7 Å². The van der Waals surface area contributed by atoms with Crippen LogP contribution in [0.25, 0.3) is 0 Å². The van der Waals surface area contributed by atoms with Crippen LogP contribution < -0.4 is 0 Å². The number of aromatic carboxylic acids is 1. The highest BCUT2D eigenvalue weighted by Gasteiger charge is 2.25. The van der Waals surface area contributed by atoms with Gasteiger partial charge in [0.1, 0.15) is 0 Å². The van der Waals surface area contributed by atoms with Gasteiger partial charge >= 0.3 is 5.97 Å². The average Bonchev–Trinajstić information content (AvgIpc) is 2.44. The molecular weight excluding hydrogens is 286 g/mol. The lowest BCUT2D eigenvalue weighted by molar-refractivity contribution is 0.0670. The Balaban J connectivity index is 3.18. The van der Waals surface area contributed by atoms with Crippen LogP contribution in [0.15, 0.2) is 12.1 Å². The molecular formula is C16H23NO3S. The Morgan fingerprint density at radius 3 is 2.24 bits per heavy atom. The fourth-order valence-corrected chi connectivity index (χ4v) is 2.80. The Morgan fingerprint density at radius 2 is 1.76 bits per heavy atom. The molecule has 0 aliphatic heterocycles. The molecule has 0 bridgehead atoms. The molecule has 0 radical (unpaired) electrons. The second kappa shape index (κ2) is 7.50. The van der Waals surface area contributed by atoms with Gasteiger partial charge in [-0.25, -0.2) is 4.79 Å². The second-order valence-electron chi connectivity index (χ2n) is 5.30. The van der Waals surface area contributed by atoms with Gasteiger partial charge in [-0.05, 0) is 50.3 Å². The molecule has 0 spiro atoms. The molecule has 1 N–H and O–H groups in total. The summed E-state index contributed by atoms with van der Waals surface area (Å²) in [7, 11) is 1.74. The number of nitrogens with zero attached hydrogens (tertiary/aromatic N) is 1. The molecule has 21 heavy (non-hydrogen) atoms. The predicted octanol–water partition coefficient (Wildman–Crippen LogP) is 3.22. The number of carboxylic acids is 1. The quantitative estimate of drug-likeness (QED) is 0.876. The van der Waals surface area contributed by atoms with Crippen LogP contribution in [-0.4, -0.2) is 47.0 Å². The zero-order valence-corrected chi connectivity index (χ0v) is 14.1. The minimum Gasteiger partial charge on any atom is -0.478 e. The summed E-state index contributed by atoms with van der Waals surface area (Å²) < 4.78 is 0. The highest BCUT2D eigenvalue weighted by molar-refractivity contribution is 7.98. The summed E-state index contributed by atoms with van der Waals surface area (Å²) in [5.74, 6) is -0.302. The van der Waals surface area contributed by atoms with Crippen molar-refractivity contribution in [2.75, 3.05) is 19.1 Å².